The van der Waals surface area contributed by atoms with E-state index in [9.17, 15) is 0 Å². The average molecular weight is 281 g/mol. The van der Waals surface area contributed by atoms with Crippen molar-refractivity contribution in [2.24, 2.45) is 10.9 Å². The molecule has 0 bridgehead atoms. The van der Waals surface area contributed by atoms with Crippen molar-refractivity contribution in [1.29, 1.82) is 0 Å². The van der Waals surface area contributed by atoms with Crippen LogP contribution in [0.2, 0.25) is 0 Å². The Hall–Kier alpha value is -1.79. The van der Waals surface area contributed by atoms with E-state index in [0.29, 0.717) is 31.9 Å². The number of methoxy groups -OCH3 is 2. The normalized spacial score (nSPS) is 11.7. The number of nitrogens with zero attached hydrogens (tertiary/aromatic N) is 2. The van der Waals surface area contributed by atoms with Gasteiger partial charge in [0.25, 0.3) is 0 Å². The van der Waals surface area contributed by atoms with Gasteiger partial charge in [-0.25, -0.2) is 0 Å². The molecule has 6 heteroatoms. The molecule has 1 aromatic rings. The monoisotopic (exact) mass is 281 g/mol. The molecule has 6 nitrogen and oxygen atoms in total. The molecule has 20 heavy (non-hydrogen) atoms. The van der Waals surface area contributed by atoms with Crippen molar-refractivity contribution in [2.45, 2.75) is 6.92 Å². The number of rotatable bonds is 8. The van der Waals surface area contributed by atoms with Crippen LogP contribution in [0, 0.1) is 6.92 Å². The van der Waals surface area contributed by atoms with Crippen molar-refractivity contribution >= 4 is 11.5 Å². The first-order chi connectivity index (χ1) is 9.65. The summed E-state index contributed by atoms with van der Waals surface area (Å²) in [6.45, 7) is 4.59. The molecule has 0 saturated heterocycles. The number of ether oxygens (including phenoxy) is 2. The lowest BCUT2D eigenvalue weighted by molar-refractivity contribution is 0.190. The van der Waals surface area contributed by atoms with Crippen molar-refractivity contribution < 1.29 is 14.7 Å². The lowest BCUT2D eigenvalue weighted by Crippen LogP contribution is -2.33. The Morgan fingerprint density at radius 2 is 1.85 bits per heavy atom. The molecule has 0 saturated carbocycles. The molecule has 0 aromatic heterocycles. The van der Waals surface area contributed by atoms with E-state index in [1.807, 2.05) is 25.1 Å². The zero-order chi connectivity index (χ0) is 15.0. The van der Waals surface area contributed by atoms with Crippen LogP contribution >= 0.6 is 0 Å². The molecule has 0 spiro atoms. The maximum Gasteiger partial charge on any atom is 0.172 e. The number of hydrogen-bond acceptors (Lipinski definition) is 5. The number of anilines is 1. The average Bonchev–Trinajstić information content (AvgIpc) is 2.47. The third-order valence-corrected chi connectivity index (χ3v) is 3.07. The minimum atomic E-state index is 0.100. The van der Waals surface area contributed by atoms with E-state index in [-0.39, 0.29) is 5.84 Å². The molecule has 0 radical (unpaired) electrons. The van der Waals surface area contributed by atoms with Gasteiger partial charge < -0.3 is 25.3 Å². The first-order valence-electron chi connectivity index (χ1n) is 6.46. The summed E-state index contributed by atoms with van der Waals surface area (Å²) in [5, 5.41) is 12.0. The highest BCUT2D eigenvalue weighted by molar-refractivity contribution is 6.02. The van der Waals surface area contributed by atoms with E-state index < -0.39 is 0 Å². The minimum Gasteiger partial charge on any atom is -0.409 e. The number of aryl methyl sites for hydroxylation is 1. The highest BCUT2D eigenvalue weighted by Crippen LogP contribution is 2.25. The van der Waals surface area contributed by atoms with Crippen LogP contribution in [0.1, 0.15) is 11.1 Å². The molecule has 112 valence electrons. The summed E-state index contributed by atoms with van der Waals surface area (Å²) in [5.41, 5.74) is 8.48. The van der Waals surface area contributed by atoms with Gasteiger partial charge >= 0.3 is 0 Å². The maximum atomic E-state index is 8.93. The first kappa shape index (κ1) is 16.3. The van der Waals surface area contributed by atoms with Crippen LogP contribution in [0.5, 0.6) is 0 Å². The van der Waals surface area contributed by atoms with Gasteiger partial charge in [0.1, 0.15) is 0 Å². The van der Waals surface area contributed by atoms with Crippen molar-refractivity contribution in [2.75, 3.05) is 45.4 Å². The molecule has 0 atom stereocenters. The zero-order valence-electron chi connectivity index (χ0n) is 12.3. The van der Waals surface area contributed by atoms with Crippen LogP contribution in [0.3, 0.4) is 0 Å². The second-order valence-corrected chi connectivity index (χ2v) is 4.43. The first-order valence-corrected chi connectivity index (χ1v) is 6.46. The Morgan fingerprint density at radius 3 is 2.35 bits per heavy atom. The fourth-order valence-corrected chi connectivity index (χ4v) is 2.08. The van der Waals surface area contributed by atoms with Crippen molar-refractivity contribution in [1.82, 2.24) is 0 Å². The summed E-state index contributed by atoms with van der Waals surface area (Å²) in [5.74, 6) is 0.100. The summed E-state index contributed by atoms with van der Waals surface area (Å²) < 4.78 is 10.3. The zero-order valence-corrected chi connectivity index (χ0v) is 12.3. The van der Waals surface area contributed by atoms with Gasteiger partial charge in [0, 0.05) is 32.9 Å². The predicted octanol–water partition coefficient (Wildman–Crippen LogP) is 1.19. The summed E-state index contributed by atoms with van der Waals surface area (Å²) in [4.78, 5) is 2.12. The van der Waals surface area contributed by atoms with E-state index in [1.54, 1.807) is 14.2 Å². The third kappa shape index (κ3) is 4.11. The Kier molecular flexibility index (Phi) is 6.83. The van der Waals surface area contributed by atoms with E-state index in [2.05, 4.69) is 10.1 Å². The molecule has 3 N–H and O–H groups in total. The standard InChI is InChI=1S/C14H23N3O3/c1-11-5-4-6-12(14(15)16-18)13(11)17(7-9-19-2)8-10-20-3/h4-6,18H,7-10H2,1-3H3,(H2,15,16). The maximum absolute atomic E-state index is 8.93. The Bertz CT molecular complexity index is 441. The van der Waals surface area contributed by atoms with Crippen LogP contribution < -0.4 is 10.6 Å². The Balaban J connectivity index is 3.15. The summed E-state index contributed by atoms with van der Waals surface area (Å²) >= 11 is 0. The van der Waals surface area contributed by atoms with Crippen molar-refractivity contribution in [3.63, 3.8) is 0 Å². The SMILES string of the molecule is COCCN(CCOC)c1c(C)cccc1/C(N)=N/O. The Labute approximate surface area is 119 Å². The fourth-order valence-electron chi connectivity index (χ4n) is 2.08. The highest BCUT2D eigenvalue weighted by atomic mass is 16.5. The van der Waals surface area contributed by atoms with Crippen molar-refractivity contribution in [3.8, 4) is 0 Å². The minimum absolute atomic E-state index is 0.100. The summed E-state index contributed by atoms with van der Waals surface area (Å²) in [7, 11) is 3.33. The topological polar surface area (TPSA) is 80.3 Å². The molecule has 0 aliphatic rings. The molecule has 0 fully saturated rings. The molecule has 1 aromatic carbocycles. The van der Waals surface area contributed by atoms with Crippen LogP contribution in [0.4, 0.5) is 5.69 Å². The van der Waals surface area contributed by atoms with E-state index >= 15 is 0 Å². The smallest absolute Gasteiger partial charge is 0.172 e. The molecular formula is C14H23N3O3. The van der Waals surface area contributed by atoms with E-state index in [0.717, 1.165) is 11.3 Å². The number of benzene rings is 1. The Morgan fingerprint density at radius 1 is 1.25 bits per heavy atom. The van der Waals surface area contributed by atoms with Gasteiger partial charge in [-0.3, -0.25) is 0 Å². The highest BCUT2D eigenvalue weighted by Gasteiger charge is 2.16. The van der Waals surface area contributed by atoms with Crippen LogP contribution in [0.25, 0.3) is 0 Å². The molecular weight excluding hydrogens is 258 g/mol. The van der Waals surface area contributed by atoms with Gasteiger partial charge in [-0.2, -0.15) is 0 Å². The molecule has 0 unspecified atom stereocenters. The molecule has 0 aliphatic carbocycles. The number of oxime groups is 1. The van der Waals surface area contributed by atoms with Gasteiger partial charge in [0.05, 0.1) is 18.9 Å². The van der Waals surface area contributed by atoms with Gasteiger partial charge in [0.15, 0.2) is 5.84 Å². The quantitative estimate of drug-likeness (QED) is 0.324. The van der Waals surface area contributed by atoms with Gasteiger partial charge in [-0.05, 0) is 18.6 Å². The second kappa shape index (κ2) is 8.39. The van der Waals surface area contributed by atoms with E-state index in [4.69, 9.17) is 20.4 Å². The third-order valence-electron chi connectivity index (χ3n) is 3.07. The van der Waals surface area contributed by atoms with Crippen LogP contribution in [-0.4, -0.2) is 51.6 Å². The second-order valence-electron chi connectivity index (χ2n) is 4.43. The fraction of sp³-hybridized carbons (Fsp3) is 0.500. The summed E-state index contributed by atoms with van der Waals surface area (Å²) in [6, 6.07) is 5.72. The summed E-state index contributed by atoms with van der Waals surface area (Å²) in [6.07, 6.45) is 0. The number of amidine groups is 1. The molecule has 0 aliphatic heterocycles. The van der Waals surface area contributed by atoms with E-state index in [1.165, 1.54) is 0 Å². The van der Waals surface area contributed by atoms with Gasteiger partial charge in [0.2, 0.25) is 0 Å². The van der Waals surface area contributed by atoms with Gasteiger partial charge in [-0.1, -0.05) is 17.3 Å². The molecule has 0 amide bonds. The lowest BCUT2D eigenvalue weighted by atomic mass is 10.1. The van der Waals surface area contributed by atoms with Crippen LogP contribution in [-0.2, 0) is 9.47 Å². The van der Waals surface area contributed by atoms with Crippen LogP contribution in [0.15, 0.2) is 23.4 Å². The number of nitrogens with two attached hydrogens (primary N) is 1. The largest absolute Gasteiger partial charge is 0.409 e. The number of hydrogen-bond donors (Lipinski definition) is 2. The number of para-hydroxylation sites is 1. The predicted molar refractivity (Wildman–Crippen MR) is 79.7 cm³/mol. The lowest BCUT2D eigenvalue weighted by Gasteiger charge is -2.28. The van der Waals surface area contributed by atoms with Gasteiger partial charge in [-0.15, -0.1) is 0 Å². The van der Waals surface area contributed by atoms with Crippen molar-refractivity contribution in [3.05, 3.63) is 29.3 Å². The molecule has 0 heterocycles. The molecule has 1 rings (SSSR count).